The summed E-state index contributed by atoms with van der Waals surface area (Å²) < 4.78 is 18.4. The second-order valence-electron chi connectivity index (χ2n) is 4.30. The molecule has 21 heavy (non-hydrogen) atoms. The molecule has 0 bridgehead atoms. The average molecular weight is 309 g/mol. The summed E-state index contributed by atoms with van der Waals surface area (Å²) in [6.45, 7) is 0.628. The quantitative estimate of drug-likeness (QED) is 0.659. The smallest absolute Gasteiger partial charge is 0.251 e. The summed E-state index contributed by atoms with van der Waals surface area (Å²) in [5.74, 6) is -0.221. The zero-order valence-electron chi connectivity index (χ0n) is 11.1. The number of nitrogens with one attached hydrogen (secondary N) is 1. The molecule has 2 rings (SSSR count). The Morgan fingerprint density at radius 3 is 2.62 bits per heavy atom. The molecule has 0 saturated carbocycles. The van der Waals surface area contributed by atoms with Gasteiger partial charge in [0.25, 0.3) is 5.91 Å². The number of nitrogens with two attached hydrogens (primary N) is 1. The lowest BCUT2D eigenvalue weighted by Gasteiger charge is -2.08. The van der Waals surface area contributed by atoms with Crippen molar-refractivity contribution < 1.29 is 13.9 Å². The van der Waals surface area contributed by atoms with E-state index in [2.05, 4.69) is 5.32 Å². The molecule has 0 aliphatic carbocycles. The topological polar surface area (TPSA) is 64.3 Å². The van der Waals surface area contributed by atoms with E-state index in [0.29, 0.717) is 30.2 Å². The molecule has 0 aliphatic heterocycles. The van der Waals surface area contributed by atoms with Crippen LogP contribution in [0.4, 0.5) is 10.1 Å². The Balaban J connectivity index is 1.79. The molecule has 1 amide bonds. The van der Waals surface area contributed by atoms with Crippen molar-refractivity contribution in [2.75, 3.05) is 18.9 Å². The highest BCUT2D eigenvalue weighted by molar-refractivity contribution is 6.31. The molecule has 4 nitrogen and oxygen atoms in total. The van der Waals surface area contributed by atoms with Crippen molar-refractivity contribution in [1.29, 1.82) is 0 Å². The first-order valence-corrected chi connectivity index (χ1v) is 6.65. The van der Waals surface area contributed by atoms with Crippen LogP contribution < -0.4 is 15.8 Å². The van der Waals surface area contributed by atoms with Gasteiger partial charge in [0.15, 0.2) is 0 Å². The van der Waals surface area contributed by atoms with Gasteiger partial charge in [-0.3, -0.25) is 4.79 Å². The molecular formula is C15H14ClFN2O2. The first-order chi connectivity index (χ1) is 10.1. The number of nitrogen functional groups attached to an aromatic ring is 1. The molecule has 3 N–H and O–H groups in total. The SMILES string of the molecule is Nc1ccc(OCCNC(=O)c2ccc(F)c(Cl)c2)cc1. The molecule has 0 spiro atoms. The monoisotopic (exact) mass is 308 g/mol. The summed E-state index contributed by atoms with van der Waals surface area (Å²) in [6.07, 6.45) is 0. The van der Waals surface area contributed by atoms with Crippen LogP contribution in [0.5, 0.6) is 5.75 Å². The third-order valence-electron chi connectivity index (χ3n) is 2.72. The van der Waals surface area contributed by atoms with Gasteiger partial charge >= 0.3 is 0 Å². The van der Waals surface area contributed by atoms with Crippen molar-refractivity contribution in [2.24, 2.45) is 0 Å². The Bertz CT molecular complexity index is 632. The third-order valence-corrected chi connectivity index (χ3v) is 3.01. The molecule has 0 aromatic heterocycles. The Kier molecular flexibility index (Phi) is 5.00. The molecule has 0 radical (unpaired) electrons. The highest BCUT2D eigenvalue weighted by atomic mass is 35.5. The zero-order valence-corrected chi connectivity index (χ0v) is 11.9. The maximum atomic E-state index is 13.0. The standard InChI is InChI=1S/C15H14ClFN2O2/c16-13-9-10(1-6-14(13)17)15(20)19-7-8-21-12-4-2-11(18)3-5-12/h1-6,9H,7-8,18H2,(H,19,20). The van der Waals surface area contributed by atoms with Gasteiger partial charge in [0, 0.05) is 11.3 Å². The minimum absolute atomic E-state index is 0.0826. The maximum Gasteiger partial charge on any atom is 0.251 e. The first kappa shape index (κ1) is 15.1. The van der Waals surface area contributed by atoms with Gasteiger partial charge in [-0.15, -0.1) is 0 Å². The van der Waals surface area contributed by atoms with Crippen LogP contribution in [0.25, 0.3) is 0 Å². The molecule has 0 unspecified atom stereocenters. The Labute approximate surface area is 126 Å². The van der Waals surface area contributed by atoms with Gasteiger partial charge < -0.3 is 15.8 Å². The van der Waals surface area contributed by atoms with Gasteiger partial charge in [0.1, 0.15) is 18.2 Å². The number of hydrogen-bond acceptors (Lipinski definition) is 3. The van der Waals surface area contributed by atoms with Crippen LogP contribution in [-0.4, -0.2) is 19.1 Å². The summed E-state index contributed by atoms with van der Waals surface area (Å²) in [6, 6.07) is 10.8. The molecular weight excluding hydrogens is 295 g/mol. The van der Waals surface area contributed by atoms with Crippen molar-refractivity contribution in [3.05, 3.63) is 58.9 Å². The van der Waals surface area contributed by atoms with Gasteiger partial charge in [-0.25, -0.2) is 4.39 Å². The second kappa shape index (κ2) is 6.95. The van der Waals surface area contributed by atoms with Crippen LogP contribution in [0.2, 0.25) is 5.02 Å². The van der Waals surface area contributed by atoms with Crippen LogP contribution in [0.3, 0.4) is 0 Å². The summed E-state index contributed by atoms with van der Waals surface area (Å²) in [7, 11) is 0. The molecule has 6 heteroatoms. The molecule has 0 fully saturated rings. The zero-order chi connectivity index (χ0) is 15.2. The van der Waals surface area contributed by atoms with E-state index in [9.17, 15) is 9.18 Å². The summed E-state index contributed by atoms with van der Waals surface area (Å²) in [5.41, 5.74) is 6.51. The first-order valence-electron chi connectivity index (χ1n) is 6.28. The van der Waals surface area contributed by atoms with Crippen molar-refractivity contribution in [2.45, 2.75) is 0 Å². The summed E-state index contributed by atoms with van der Waals surface area (Å²) >= 11 is 5.62. The number of amides is 1. The maximum absolute atomic E-state index is 13.0. The normalized spacial score (nSPS) is 10.2. The molecule has 2 aromatic rings. The highest BCUT2D eigenvalue weighted by Gasteiger charge is 2.08. The number of carbonyl (C=O) groups excluding carboxylic acids is 1. The number of carbonyl (C=O) groups is 1. The fourth-order valence-electron chi connectivity index (χ4n) is 1.64. The van der Waals surface area contributed by atoms with Gasteiger partial charge in [-0.05, 0) is 42.5 Å². The summed E-state index contributed by atoms with van der Waals surface area (Å²) in [5, 5.41) is 2.57. The summed E-state index contributed by atoms with van der Waals surface area (Å²) in [4.78, 5) is 11.8. The number of benzene rings is 2. The van der Waals surface area contributed by atoms with Crippen LogP contribution in [0, 0.1) is 5.82 Å². The van der Waals surface area contributed by atoms with E-state index in [4.69, 9.17) is 22.1 Å². The van der Waals surface area contributed by atoms with Gasteiger partial charge in [0.2, 0.25) is 0 Å². The van der Waals surface area contributed by atoms with Gasteiger partial charge in [0.05, 0.1) is 11.6 Å². The number of rotatable bonds is 5. The van der Waals surface area contributed by atoms with E-state index < -0.39 is 5.82 Å². The van der Waals surface area contributed by atoms with Crippen molar-refractivity contribution in [3.8, 4) is 5.75 Å². The van der Waals surface area contributed by atoms with Crippen LogP contribution >= 0.6 is 11.6 Å². The van der Waals surface area contributed by atoms with Crippen molar-refractivity contribution in [3.63, 3.8) is 0 Å². The molecule has 0 saturated heterocycles. The molecule has 0 heterocycles. The van der Waals surface area contributed by atoms with Crippen LogP contribution in [-0.2, 0) is 0 Å². The molecule has 2 aromatic carbocycles. The predicted molar refractivity (Wildman–Crippen MR) is 80.1 cm³/mol. The van der Waals surface area contributed by atoms with Crippen molar-refractivity contribution >= 4 is 23.2 Å². The van der Waals surface area contributed by atoms with E-state index >= 15 is 0 Å². The third kappa shape index (κ3) is 4.36. The fraction of sp³-hybridized carbons (Fsp3) is 0.133. The average Bonchev–Trinajstić information content (AvgIpc) is 2.48. The van der Waals surface area contributed by atoms with Gasteiger partial charge in [-0.1, -0.05) is 11.6 Å². The Hall–Kier alpha value is -2.27. The van der Waals surface area contributed by atoms with E-state index in [1.807, 2.05) is 0 Å². The lowest BCUT2D eigenvalue weighted by Crippen LogP contribution is -2.28. The van der Waals surface area contributed by atoms with E-state index in [1.165, 1.54) is 12.1 Å². The van der Waals surface area contributed by atoms with E-state index in [0.717, 1.165) is 6.07 Å². The Morgan fingerprint density at radius 1 is 1.24 bits per heavy atom. The minimum Gasteiger partial charge on any atom is -0.492 e. The number of halogens is 2. The van der Waals surface area contributed by atoms with E-state index in [1.54, 1.807) is 24.3 Å². The molecule has 0 atom stereocenters. The minimum atomic E-state index is -0.556. The lowest BCUT2D eigenvalue weighted by molar-refractivity contribution is 0.0947. The molecule has 110 valence electrons. The van der Waals surface area contributed by atoms with Crippen LogP contribution in [0.15, 0.2) is 42.5 Å². The Morgan fingerprint density at radius 2 is 1.95 bits per heavy atom. The molecule has 0 aliphatic rings. The van der Waals surface area contributed by atoms with Crippen LogP contribution in [0.1, 0.15) is 10.4 Å². The number of ether oxygens (including phenoxy) is 1. The number of anilines is 1. The largest absolute Gasteiger partial charge is 0.492 e. The van der Waals surface area contributed by atoms with Gasteiger partial charge in [-0.2, -0.15) is 0 Å². The predicted octanol–water partition coefficient (Wildman–Crippen LogP) is 2.87. The highest BCUT2D eigenvalue weighted by Crippen LogP contribution is 2.16. The fourth-order valence-corrected chi connectivity index (χ4v) is 1.82. The second-order valence-corrected chi connectivity index (χ2v) is 4.71. The van der Waals surface area contributed by atoms with Crippen molar-refractivity contribution in [1.82, 2.24) is 5.32 Å². The van der Waals surface area contributed by atoms with E-state index in [-0.39, 0.29) is 10.9 Å². The lowest BCUT2D eigenvalue weighted by atomic mass is 10.2. The number of hydrogen-bond donors (Lipinski definition) is 2.